The monoisotopic (exact) mass is 252 g/mol. The Bertz CT molecular complexity index is 424. The molecule has 2 unspecified atom stereocenters. The quantitative estimate of drug-likeness (QED) is 0.778. The standard InChI is InChI=1S/C13H20N2O3/c1-7(2)10(8(3)16)13-14-12(15-18-13)11(17-4)9-5-6-9/h7,9-11H,5-6H2,1-4H3. The van der Waals surface area contributed by atoms with E-state index in [2.05, 4.69) is 10.1 Å². The number of methoxy groups -OCH3 is 1. The van der Waals surface area contributed by atoms with E-state index in [-0.39, 0.29) is 23.7 Å². The summed E-state index contributed by atoms with van der Waals surface area (Å²) in [6.07, 6.45) is 2.19. The minimum atomic E-state index is -0.317. The van der Waals surface area contributed by atoms with E-state index in [0.717, 1.165) is 12.8 Å². The smallest absolute Gasteiger partial charge is 0.237 e. The van der Waals surface area contributed by atoms with Crippen LogP contribution in [0.1, 0.15) is 57.3 Å². The summed E-state index contributed by atoms with van der Waals surface area (Å²) in [4.78, 5) is 16.0. The highest BCUT2D eigenvalue weighted by molar-refractivity contribution is 5.82. The first-order valence-corrected chi connectivity index (χ1v) is 6.41. The van der Waals surface area contributed by atoms with Crippen molar-refractivity contribution in [1.82, 2.24) is 10.1 Å². The van der Waals surface area contributed by atoms with Gasteiger partial charge in [0.15, 0.2) is 0 Å². The molecule has 0 N–H and O–H groups in total. The highest BCUT2D eigenvalue weighted by atomic mass is 16.5. The number of carbonyl (C=O) groups excluding carboxylic acids is 1. The molecule has 0 saturated heterocycles. The maximum Gasteiger partial charge on any atom is 0.237 e. The molecule has 0 amide bonds. The van der Waals surface area contributed by atoms with Crippen LogP contribution in [0.25, 0.3) is 0 Å². The lowest BCUT2D eigenvalue weighted by Crippen LogP contribution is -2.16. The Kier molecular flexibility index (Phi) is 3.80. The van der Waals surface area contributed by atoms with Gasteiger partial charge < -0.3 is 9.26 Å². The zero-order valence-electron chi connectivity index (χ0n) is 11.3. The number of Topliss-reactive ketones (excluding diaryl/α,β-unsaturated/α-hetero) is 1. The van der Waals surface area contributed by atoms with E-state index in [9.17, 15) is 4.79 Å². The molecule has 5 nitrogen and oxygen atoms in total. The molecule has 1 aliphatic rings. The van der Waals surface area contributed by atoms with Gasteiger partial charge in [0.25, 0.3) is 0 Å². The fourth-order valence-corrected chi connectivity index (χ4v) is 2.33. The minimum Gasteiger partial charge on any atom is -0.373 e. The van der Waals surface area contributed by atoms with Crippen LogP contribution in [0.4, 0.5) is 0 Å². The van der Waals surface area contributed by atoms with Gasteiger partial charge >= 0.3 is 0 Å². The Hall–Kier alpha value is -1.23. The van der Waals surface area contributed by atoms with Gasteiger partial charge in [-0.1, -0.05) is 19.0 Å². The van der Waals surface area contributed by atoms with E-state index in [1.807, 2.05) is 13.8 Å². The first-order valence-electron chi connectivity index (χ1n) is 6.41. The average molecular weight is 252 g/mol. The molecule has 0 bridgehead atoms. The lowest BCUT2D eigenvalue weighted by Gasteiger charge is -2.12. The minimum absolute atomic E-state index is 0.0561. The summed E-state index contributed by atoms with van der Waals surface area (Å²) in [6.45, 7) is 5.51. The van der Waals surface area contributed by atoms with Crippen molar-refractivity contribution in [2.75, 3.05) is 7.11 Å². The summed E-state index contributed by atoms with van der Waals surface area (Å²) in [7, 11) is 1.66. The van der Waals surface area contributed by atoms with Crippen LogP contribution in [0.2, 0.25) is 0 Å². The van der Waals surface area contributed by atoms with Gasteiger partial charge in [0, 0.05) is 7.11 Å². The molecule has 2 rings (SSSR count). The zero-order valence-corrected chi connectivity index (χ0v) is 11.3. The van der Waals surface area contributed by atoms with E-state index in [4.69, 9.17) is 9.26 Å². The van der Waals surface area contributed by atoms with E-state index in [1.165, 1.54) is 0 Å². The second-order valence-corrected chi connectivity index (χ2v) is 5.32. The van der Waals surface area contributed by atoms with Crippen molar-refractivity contribution in [2.24, 2.45) is 11.8 Å². The van der Waals surface area contributed by atoms with Crippen molar-refractivity contribution in [3.8, 4) is 0 Å². The highest BCUT2D eigenvalue weighted by Gasteiger charge is 2.37. The fraction of sp³-hybridized carbons (Fsp3) is 0.769. The summed E-state index contributed by atoms with van der Waals surface area (Å²) in [5.41, 5.74) is 0. The molecule has 18 heavy (non-hydrogen) atoms. The molecular weight excluding hydrogens is 232 g/mol. The second kappa shape index (κ2) is 5.18. The third-order valence-corrected chi connectivity index (χ3v) is 3.39. The number of hydrogen-bond donors (Lipinski definition) is 0. The van der Waals surface area contributed by atoms with Gasteiger partial charge in [0.1, 0.15) is 11.9 Å². The molecule has 0 spiro atoms. The van der Waals surface area contributed by atoms with Gasteiger partial charge in [-0.2, -0.15) is 4.98 Å². The molecule has 0 aromatic carbocycles. The Morgan fingerprint density at radius 2 is 2.11 bits per heavy atom. The highest BCUT2D eigenvalue weighted by Crippen LogP contribution is 2.42. The van der Waals surface area contributed by atoms with Crippen LogP contribution in [0.5, 0.6) is 0 Å². The van der Waals surface area contributed by atoms with Crippen molar-refractivity contribution >= 4 is 5.78 Å². The van der Waals surface area contributed by atoms with Crippen LogP contribution >= 0.6 is 0 Å². The molecule has 1 heterocycles. The molecule has 0 radical (unpaired) electrons. The summed E-state index contributed by atoms with van der Waals surface area (Å²) < 4.78 is 10.7. The Labute approximate surface area is 107 Å². The number of ether oxygens (including phenoxy) is 1. The lowest BCUT2D eigenvalue weighted by molar-refractivity contribution is -0.119. The molecule has 1 aromatic heterocycles. The first-order chi connectivity index (χ1) is 8.54. The largest absolute Gasteiger partial charge is 0.373 e. The van der Waals surface area contributed by atoms with Crippen LogP contribution < -0.4 is 0 Å². The molecule has 1 aliphatic carbocycles. The van der Waals surface area contributed by atoms with Gasteiger partial charge in [0.05, 0.1) is 5.92 Å². The molecule has 1 saturated carbocycles. The van der Waals surface area contributed by atoms with Gasteiger partial charge in [0.2, 0.25) is 11.7 Å². The fourth-order valence-electron chi connectivity index (χ4n) is 2.33. The van der Waals surface area contributed by atoms with E-state index < -0.39 is 0 Å². The molecule has 5 heteroatoms. The Balaban J connectivity index is 2.20. The molecule has 1 fully saturated rings. The first kappa shape index (κ1) is 13.2. The number of nitrogens with zero attached hydrogens (tertiary/aromatic N) is 2. The van der Waals surface area contributed by atoms with E-state index >= 15 is 0 Å². The maximum absolute atomic E-state index is 11.6. The second-order valence-electron chi connectivity index (χ2n) is 5.32. The summed E-state index contributed by atoms with van der Waals surface area (Å²) >= 11 is 0. The molecule has 2 atom stereocenters. The van der Waals surface area contributed by atoms with Crippen LogP contribution in [0.3, 0.4) is 0 Å². The van der Waals surface area contributed by atoms with Crippen molar-refractivity contribution in [3.63, 3.8) is 0 Å². The number of ketones is 1. The predicted molar refractivity (Wildman–Crippen MR) is 65.0 cm³/mol. The summed E-state index contributed by atoms with van der Waals surface area (Å²) in [5, 5.41) is 3.97. The predicted octanol–water partition coefficient (Wildman–Crippen LogP) is 2.50. The topological polar surface area (TPSA) is 65.2 Å². The Morgan fingerprint density at radius 3 is 2.56 bits per heavy atom. The van der Waals surface area contributed by atoms with E-state index in [1.54, 1.807) is 14.0 Å². The lowest BCUT2D eigenvalue weighted by atomic mass is 9.92. The average Bonchev–Trinajstić information content (AvgIpc) is 3.00. The number of hydrogen-bond acceptors (Lipinski definition) is 5. The Morgan fingerprint density at radius 1 is 1.44 bits per heavy atom. The van der Waals surface area contributed by atoms with Crippen molar-refractivity contribution in [3.05, 3.63) is 11.7 Å². The maximum atomic E-state index is 11.6. The molecule has 0 aliphatic heterocycles. The van der Waals surface area contributed by atoms with Gasteiger partial charge in [-0.25, -0.2) is 0 Å². The normalized spacial score (nSPS) is 18.9. The van der Waals surface area contributed by atoms with Crippen LogP contribution in [0.15, 0.2) is 4.52 Å². The van der Waals surface area contributed by atoms with Crippen LogP contribution in [0, 0.1) is 11.8 Å². The third kappa shape index (κ3) is 2.61. The van der Waals surface area contributed by atoms with E-state index in [0.29, 0.717) is 17.6 Å². The van der Waals surface area contributed by atoms with Crippen molar-refractivity contribution in [1.29, 1.82) is 0 Å². The van der Waals surface area contributed by atoms with Gasteiger partial charge in [-0.05, 0) is 31.6 Å². The summed E-state index contributed by atoms with van der Waals surface area (Å²) in [6, 6.07) is 0. The molecule has 100 valence electrons. The molecular formula is C13H20N2O3. The SMILES string of the molecule is COC(c1noc(C(C(C)=O)C(C)C)n1)C1CC1. The van der Waals surface area contributed by atoms with Crippen molar-refractivity contribution in [2.45, 2.75) is 45.6 Å². The number of rotatable bonds is 6. The zero-order chi connectivity index (χ0) is 13.3. The molecule has 1 aromatic rings. The van der Waals surface area contributed by atoms with Crippen molar-refractivity contribution < 1.29 is 14.1 Å². The van der Waals surface area contributed by atoms with Crippen LogP contribution in [-0.2, 0) is 9.53 Å². The summed E-state index contributed by atoms with van der Waals surface area (Å²) in [5.74, 6) is 1.37. The number of aromatic nitrogens is 2. The third-order valence-electron chi connectivity index (χ3n) is 3.39. The number of carbonyl (C=O) groups is 1. The van der Waals surface area contributed by atoms with Crippen LogP contribution in [-0.4, -0.2) is 23.0 Å². The van der Waals surface area contributed by atoms with Gasteiger partial charge in [-0.15, -0.1) is 0 Å². The van der Waals surface area contributed by atoms with Gasteiger partial charge in [-0.3, -0.25) is 4.79 Å².